The van der Waals surface area contributed by atoms with Crippen molar-refractivity contribution in [3.63, 3.8) is 0 Å². The minimum atomic E-state index is -3.15. The van der Waals surface area contributed by atoms with E-state index in [4.69, 9.17) is 5.73 Å². The topological polar surface area (TPSA) is 60.2 Å². The first-order valence-electron chi connectivity index (χ1n) is 5.81. The van der Waals surface area contributed by atoms with Gasteiger partial charge >= 0.3 is 0 Å². The van der Waals surface area contributed by atoms with Crippen LogP contribution in [0.25, 0.3) is 0 Å². The van der Waals surface area contributed by atoms with Crippen molar-refractivity contribution in [1.82, 2.24) is 0 Å². The average molecular weight is 372 g/mol. The summed E-state index contributed by atoms with van der Waals surface area (Å²) in [7, 11) is -3.15. The molecule has 2 rings (SSSR count). The Kier molecular flexibility index (Phi) is 4.46. The SMILES string of the molecule is Cc1cc(Sc2ccc(S(C)(=O)=O)cc2)c(Br)cc1N. The molecule has 2 N–H and O–H groups in total. The Bertz CT molecular complexity index is 741. The number of nitrogens with two attached hydrogens (primary N) is 1. The lowest BCUT2D eigenvalue weighted by molar-refractivity contribution is 0.602. The van der Waals surface area contributed by atoms with Crippen molar-refractivity contribution in [2.24, 2.45) is 0 Å². The molecule has 6 heteroatoms. The first kappa shape index (κ1) is 15.4. The number of anilines is 1. The molecule has 0 amide bonds. The number of rotatable bonds is 3. The maximum atomic E-state index is 11.4. The lowest BCUT2D eigenvalue weighted by Gasteiger charge is -2.08. The van der Waals surface area contributed by atoms with Crippen molar-refractivity contribution in [1.29, 1.82) is 0 Å². The molecule has 0 aliphatic carbocycles. The van der Waals surface area contributed by atoms with Gasteiger partial charge in [0.15, 0.2) is 9.84 Å². The number of hydrogen-bond donors (Lipinski definition) is 1. The quantitative estimate of drug-likeness (QED) is 0.831. The third-order valence-electron chi connectivity index (χ3n) is 2.80. The fourth-order valence-corrected chi connectivity index (χ4v) is 3.78. The zero-order valence-corrected chi connectivity index (χ0v) is 14.3. The second-order valence-electron chi connectivity index (χ2n) is 4.48. The molecule has 2 aromatic carbocycles. The van der Waals surface area contributed by atoms with E-state index in [-0.39, 0.29) is 0 Å². The van der Waals surface area contributed by atoms with Crippen LogP contribution in [0.1, 0.15) is 5.56 Å². The minimum absolute atomic E-state index is 0.328. The number of aryl methyl sites for hydroxylation is 1. The van der Waals surface area contributed by atoms with Crippen LogP contribution in [-0.4, -0.2) is 14.7 Å². The summed E-state index contributed by atoms with van der Waals surface area (Å²) < 4.78 is 23.7. The summed E-state index contributed by atoms with van der Waals surface area (Å²) in [5.74, 6) is 0. The molecule has 0 atom stereocenters. The highest BCUT2D eigenvalue weighted by Gasteiger charge is 2.09. The van der Waals surface area contributed by atoms with Gasteiger partial charge in [0.1, 0.15) is 0 Å². The standard InChI is InChI=1S/C14H14BrNO2S2/c1-9-7-14(12(15)8-13(9)16)19-10-3-5-11(6-4-10)20(2,17)18/h3-8H,16H2,1-2H3. The van der Waals surface area contributed by atoms with Gasteiger partial charge in [-0.1, -0.05) is 11.8 Å². The van der Waals surface area contributed by atoms with Crippen LogP contribution in [0.4, 0.5) is 5.69 Å². The van der Waals surface area contributed by atoms with Gasteiger partial charge in [-0.05, 0) is 64.8 Å². The Morgan fingerprint density at radius 1 is 1.15 bits per heavy atom. The summed E-state index contributed by atoms with van der Waals surface area (Å²) in [5, 5.41) is 0. The molecular weight excluding hydrogens is 358 g/mol. The predicted molar refractivity (Wildman–Crippen MR) is 87.0 cm³/mol. The van der Waals surface area contributed by atoms with Crippen LogP contribution in [-0.2, 0) is 9.84 Å². The molecule has 0 aliphatic rings. The van der Waals surface area contributed by atoms with E-state index in [0.717, 1.165) is 25.5 Å². The van der Waals surface area contributed by atoms with Crippen molar-refractivity contribution >= 4 is 43.2 Å². The molecule has 0 radical (unpaired) electrons. The Balaban J connectivity index is 2.29. The van der Waals surface area contributed by atoms with E-state index in [1.165, 1.54) is 6.26 Å². The molecule has 0 heterocycles. The molecule has 20 heavy (non-hydrogen) atoms. The smallest absolute Gasteiger partial charge is 0.175 e. The number of halogens is 1. The molecule has 0 spiro atoms. The molecule has 0 aromatic heterocycles. The van der Waals surface area contributed by atoms with Crippen LogP contribution in [0.5, 0.6) is 0 Å². The summed E-state index contributed by atoms with van der Waals surface area (Å²) in [6.07, 6.45) is 1.20. The van der Waals surface area contributed by atoms with Gasteiger partial charge in [-0.15, -0.1) is 0 Å². The van der Waals surface area contributed by atoms with Gasteiger partial charge in [0.25, 0.3) is 0 Å². The van der Waals surface area contributed by atoms with Gasteiger partial charge in [-0.3, -0.25) is 0 Å². The van der Waals surface area contributed by atoms with E-state index < -0.39 is 9.84 Å². The van der Waals surface area contributed by atoms with Crippen molar-refractivity contribution in [3.8, 4) is 0 Å². The largest absolute Gasteiger partial charge is 0.398 e. The molecular formula is C14H14BrNO2S2. The highest BCUT2D eigenvalue weighted by atomic mass is 79.9. The Hall–Kier alpha value is -0.980. The summed E-state index contributed by atoms with van der Waals surface area (Å²) in [5.41, 5.74) is 7.61. The molecule has 0 saturated heterocycles. The van der Waals surface area contributed by atoms with E-state index in [1.807, 2.05) is 19.1 Å². The number of hydrogen-bond acceptors (Lipinski definition) is 4. The number of sulfone groups is 1. The summed E-state index contributed by atoms with van der Waals surface area (Å²) in [6, 6.07) is 10.7. The molecule has 2 aromatic rings. The van der Waals surface area contributed by atoms with Crippen LogP contribution < -0.4 is 5.73 Å². The van der Waals surface area contributed by atoms with Gasteiger partial charge < -0.3 is 5.73 Å². The second kappa shape index (κ2) is 5.79. The maximum absolute atomic E-state index is 11.4. The molecule has 0 saturated carbocycles. The fourth-order valence-electron chi connectivity index (χ4n) is 1.63. The van der Waals surface area contributed by atoms with Gasteiger partial charge in [0, 0.05) is 26.2 Å². The normalized spacial score (nSPS) is 11.6. The van der Waals surface area contributed by atoms with Crippen molar-refractivity contribution in [3.05, 3.63) is 46.4 Å². The van der Waals surface area contributed by atoms with Crippen LogP contribution in [0.2, 0.25) is 0 Å². The molecule has 0 unspecified atom stereocenters. The summed E-state index contributed by atoms with van der Waals surface area (Å²) in [6.45, 7) is 1.96. The van der Waals surface area contributed by atoms with E-state index in [1.54, 1.807) is 36.0 Å². The molecule has 0 bridgehead atoms. The Morgan fingerprint density at radius 3 is 2.30 bits per heavy atom. The summed E-state index contributed by atoms with van der Waals surface area (Å²) in [4.78, 5) is 2.35. The first-order valence-corrected chi connectivity index (χ1v) is 9.31. The van der Waals surface area contributed by atoms with Crippen LogP contribution in [0, 0.1) is 6.92 Å². The minimum Gasteiger partial charge on any atom is -0.398 e. The zero-order chi connectivity index (χ0) is 14.9. The molecule has 0 aliphatic heterocycles. The Morgan fingerprint density at radius 2 is 1.75 bits per heavy atom. The van der Waals surface area contributed by atoms with E-state index >= 15 is 0 Å². The van der Waals surface area contributed by atoms with E-state index in [2.05, 4.69) is 15.9 Å². The highest BCUT2D eigenvalue weighted by Crippen LogP contribution is 2.36. The van der Waals surface area contributed by atoms with E-state index in [0.29, 0.717) is 4.90 Å². The first-order chi connectivity index (χ1) is 9.27. The lowest BCUT2D eigenvalue weighted by atomic mass is 10.2. The third kappa shape index (κ3) is 3.56. The molecule has 3 nitrogen and oxygen atoms in total. The van der Waals surface area contributed by atoms with Crippen LogP contribution >= 0.6 is 27.7 Å². The highest BCUT2D eigenvalue weighted by molar-refractivity contribution is 9.10. The fraction of sp³-hybridized carbons (Fsp3) is 0.143. The van der Waals surface area contributed by atoms with Gasteiger partial charge in [-0.25, -0.2) is 8.42 Å². The Labute approximate surface area is 131 Å². The molecule has 0 fully saturated rings. The average Bonchev–Trinajstić information content (AvgIpc) is 2.35. The van der Waals surface area contributed by atoms with Crippen LogP contribution in [0.3, 0.4) is 0 Å². The number of benzene rings is 2. The third-order valence-corrected chi connectivity index (χ3v) is 5.91. The van der Waals surface area contributed by atoms with E-state index in [9.17, 15) is 8.42 Å². The van der Waals surface area contributed by atoms with Gasteiger partial charge in [-0.2, -0.15) is 0 Å². The zero-order valence-electron chi connectivity index (χ0n) is 11.1. The van der Waals surface area contributed by atoms with Gasteiger partial charge in [0.2, 0.25) is 0 Å². The van der Waals surface area contributed by atoms with Crippen molar-refractivity contribution in [2.75, 3.05) is 12.0 Å². The van der Waals surface area contributed by atoms with Crippen molar-refractivity contribution < 1.29 is 8.42 Å². The monoisotopic (exact) mass is 371 g/mol. The van der Waals surface area contributed by atoms with Crippen LogP contribution in [0.15, 0.2) is 55.6 Å². The van der Waals surface area contributed by atoms with Crippen molar-refractivity contribution in [2.45, 2.75) is 21.6 Å². The second-order valence-corrected chi connectivity index (χ2v) is 8.47. The maximum Gasteiger partial charge on any atom is 0.175 e. The van der Waals surface area contributed by atoms with Gasteiger partial charge in [0.05, 0.1) is 4.90 Å². The number of nitrogen functional groups attached to an aromatic ring is 1. The predicted octanol–water partition coefficient (Wildman–Crippen LogP) is 3.89. The molecule has 106 valence electrons. The summed E-state index contributed by atoms with van der Waals surface area (Å²) >= 11 is 5.05. The lowest BCUT2D eigenvalue weighted by Crippen LogP contribution is -1.96.